The third-order valence-corrected chi connectivity index (χ3v) is 2.96. The highest BCUT2D eigenvalue weighted by molar-refractivity contribution is 5.71. The van der Waals surface area contributed by atoms with Gasteiger partial charge in [0.1, 0.15) is 0 Å². The van der Waals surface area contributed by atoms with E-state index < -0.39 is 5.97 Å². The van der Waals surface area contributed by atoms with Crippen molar-refractivity contribution in [3.8, 4) is 11.5 Å². The molecule has 0 fully saturated rings. The van der Waals surface area contributed by atoms with Gasteiger partial charge in [-0.15, -0.1) is 0 Å². The molecule has 5 heteroatoms. The Labute approximate surface area is 120 Å². The van der Waals surface area contributed by atoms with E-state index >= 15 is 0 Å². The van der Waals surface area contributed by atoms with E-state index in [0.29, 0.717) is 11.5 Å². The summed E-state index contributed by atoms with van der Waals surface area (Å²) in [5.41, 5.74) is 1.11. The second-order valence-electron chi connectivity index (χ2n) is 4.45. The zero-order chi connectivity index (χ0) is 15.0. The Balaban J connectivity index is 2.76. The molecular formula is C15H23NO4. The van der Waals surface area contributed by atoms with Crippen LogP contribution in [-0.2, 0) is 9.53 Å². The van der Waals surface area contributed by atoms with Gasteiger partial charge in [-0.3, -0.25) is 0 Å². The Morgan fingerprint density at radius 2 is 2.05 bits per heavy atom. The molecule has 1 aromatic rings. The first-order valence-electron chi connectivity index (χ1n) is 6.73. The van der Waals surface area contributed by atoms with Gasteiger partial charge in [0.2, 0.25) is 0 Å². The van der Waals surface area contributed by atoms with Crippen LogP contribution in [0, 0.1) is 0 Å². The summed E-state index contributed by atoms with van der Waals surface area (Å²) in [7, 11) is 2.90. The number of carbonyl (C=O) groups is 1. The summed E-state index contributed by atoms with van der Waals surface area (Å²) in [6.07, 6.45) is 1.09. The van der Waals surface area contributed by atoms with Crippen molar-refractivity contribution in [1.82, 2.24) is 5.32 Å². The number of carbonyl (C=O) groups excluding carboxylic acids is 1. The molecule has 0 aliphatic carbocycles. The maximum absolute atomic E-state index is 11.1. The first-order valence-corrected chi connectivity index (χ1v) is 6.73. The summed E-state index contributed by atoms with van der Waals surface area (Å²) in [6, 6.07) is 5.92. The normalized spacial score (nSPS) is 11.8. The van der Waals surface area contributed by atoms with Gasteiger partial charge in [-0.2, -0.15) is 0 Å². The minimum absolute atomic E-state index is 0.129. The fraction of sp³-hybridized carbons (Fsp3) is 0.533. The van der Waals surface area contributed by atoms with Crippen LogP contribution in [0.3, 0.4) is 0 Å². The molecule has 0 saturated carbocycles. The van der Waals surface area contributed by atoms with Crippen LogP contribution in [0.4, 0.5) is 0 Å². The summed E-state index contributed by atoms with van der Waals surface area (Å²) in [4.78, 5) is 11.1. The number of hydrogen-bond acceptors (Lipinski definition) is 5. The van der Waals surface area contributed by atoms with Crippen LogP contribution in [0.2, 0.25) is 0 Å². The van der Waals surface area contributed by atoms with Crippen molar-refractivity contribution in [2.24, 2.45) is 0 Å². The first kappa shape index (κ1) is 16.3. The zero-order valence-electron chi connectivity index (χ0n) is 12.6. The van der Waals surface area contributed by atoms with Crippen molar-refractivity contribution in [3.63, 3.8) is 0 Å². The molecular weight excluding hydrogens is 258 g/mol. The van der Waals surface area contributed by atoms with Crippen LogP contribution < -0.4 is 14.8 Å². The standard InChI is InChI=1S/C15H23NO4/c1-5-8-16-11(2)12-6-7-13(14(9-12)18-3)20-10-15(17)19-4/h6-7,9,11,16H,5,8,10H2,1-4H3. The van der Waals surface area contributed by atoms with Crippen LogP contribution >= 0.6 is 0 Å². The molecule has 20 heavy (non-hydrogen) atoms. The molecule has 0 saturated heterocycles. The van der Waals surface area contributed by atoms with Crippen molar-refractivity contribution in [1.29, 1.82) is 0 Å². The highest BCUT2D eigenvalue weighted by atomic mass is 16.6. The lowest BCUT2D eigenvalue weighted by atomic mass is 10.1. The van der Waals surface area contributed by atoms with E-state index in [1.807, 2.05) is 12.1 Å². The molecule has 0 amide bonds. The molecule has 0 radical (unpaired) electrons. The Morgan fingerprint density at radius 3 is 2.65 bits per heavy atom. The first-order chi connectivity index (χ1) is 9.62. The van der Waals surface area contributed by atoms with E-state index in [9.17, 15) is 4.79 Å². The van der Waals surface area contributed by atoms with Crippen LogP contribution in [0.5, 0.6) is 11.5 Å². The Morgan fingerprint density at radius 1 is 1.30 bits per heavy atom. The van der Waals surface area contributed by atoms with Crippen LogP contribution in [0.25, 0.3) is 0 Å². The number of hydrogen-bond donors (Lipinski definition) is 1. The summed E-state index contributed by atoms with van der Waals surface area (Å²) >= 11 is 0. The van der Waals surface area contributed by atoms with E-state index in [0.717, 1.165) is 18.5 Å². The maximum Gasteiger partial charge on any atom is 0.343 e. The average molecular weight is 281 g/mol. The van der Waals surface area contributed by atoms with Gasteiger partial charge in [0.15, 0.2) is 18.1 Å². The number of nitrogens with one attached hydrogen (secondary N) is 1. The van der Waals surface area contributed by atoms with E-state index in [4.69, 9.17) is 9.47 Å². The predicted octanol–water partition coefficient (Wildman–Crippen LogP) is 2.31. The van der Waals surface area contributed by atoms with Crippen LogP contribution in [0.15, 0.2) is 18.2 Å². The summed E-state index contributed by atoms with van der Waals surface area (Å²) in [5.74, 6) is 0.718. The highest BCUT2D eigenvalue weighted by Gasteiger charge is 2.11. The Kier molecular flexibility index (Phi) is 6.87. The van der Waals surface area contributed by atoms with Crippen molar-refractivity contribution in [2.75, 3.05) is 27.4 Å². The molecule has 0 aliphatic rings. The third-order valence-electron chi connectivity index (χ3n) is 2.96. The van der Waals surface area contributed by atoms with Crippen molar-refractivity contribution in [3.05, 3.63) is 23.8 Å². The minimum Gasteiger partial charge on any atom is -0.493 e. The van der Waals surface area contributed by atoms with Gasteiger partial charge in [0.25, 0.3) is 0 Å². The van der Waals surface area contributed by atoms with Gasteiger partial charge in [-0.1, -0.05) is 13.0 Å². The van der Waals surface area contributed by atoms with E-state index in [1.165, 1.54) is 7.11 Å². The highest BCUT2D eigenvalue weighted by Crippen LogP contribution is 2.30. The summed E-state index contributed by atoms with van der Waals surface area (Å²) in [5, 5.41) is 3.41. The second kappa shape index (κ2) is 8.43. The molecule has 112 valence electrons. The molecule has 1 rings (SSSR count). The van der Waals surface area contributed by atoms with Gasteiger partial charge in [0, 0.05) is 6.04 Å². The van der Waals surface area contributed by atoms with Gasteiger partial charge >= 0.3 is 5.97 Å². The minimum atomic E-state index is -0.422. The van der Waals surface area contributed by atoms with E-state index in [2.05, 4.69) is 23.9 Å². The third kappa shape index (κ3) is 4.74. The van der Waals surface area contributed by atoms with Crippen molar-refractivity contribution >= 4 is 5.97 Å². The molecule has 1 N–H and O–H groups in total. The van der Waals surface area contributed by atoms with E-state index in [-0.39, 0.29) is 12.6 Å². The summed E-state index contributed by atoms with van der Waals surface area (Å²) in [6.45, 7) is 5.06. The van der Waals surface area contributed by atoms with Gasteiger partial charge < -0.3 is 19.5 Å². The van der Waals surface area contributed by atoms with Gasteiger partial charge in [0.05, 0.1) is 14.2 Å². The molecule has 0 heterocycles. The smallest absolute Gasteiger partial charge is 0.343 e. The van der Waals surface area contributed by atoms with E-state index in [1.54, 1.807) is 13.2 Å². The fourth-order valence-electron chi connectivity index (χ4n) is 1.75. The van der Waals surface area contributed by atoms with Crippen molar-refractivity contribution in [2.45, 2.75) is 26.3 Å². The monoisotopic (exact) mass is 281 g/mol. The van der Waals surface area contributed by atoms with Gasteiger partial charge in [-0.25, -0.2) is 4.79 Å². The van der Waals surface area contributed by atoms with Crippen LogP contribution in [-0.4, -0.2) is 33.3 Å². The SMILES string of the molecule is CCCNC(C)c1ccc(OCC(=O)OC)c(OC)c1. The topological polar surface area (TPSA) is 56.8 Å². The maximum atomic E-state index is 11.1. The second-order valence-corrected chi connectivity index (χ2v) is 4.45. The molecule has 0 bridgehead atoms. The molecule has 5 nitrogen and oxygen atoms in total. The fourth-order valence-corrected chi connectivity index (χ4v) is 1.75. The molecule has 0 aromatic heterocycles. The number of benzene rings is 1. The molecule has 0 spiro atoms. The molecule has 1 unspecified atom stereocenters. The lowest BCUT2D eigenvalue weighted by Gasteiger charge is -2.16. The molecule has 1 atom stereocenters. The van der Waals surface area contributed by atoms with Crippen molar-refractivity contribution < 1.29 is 19.0 Å². The van der Waals surface area contributed by atoms with Gasteiger partial charge in [-0.05, 0) is 37.6 Å². The molecule has 0 aliphatic heterocycles. The Hall–Kier alpha value is -1.75. The number of ether oxygens (including phenoxy) is 3. The lowest BCUT2D eigenvalue weighted by molar-refractivity contribution is -0.142. The predicted molar refractivity (Wildman–Crippen MR) is 77.2 cm³/mol. The number of esters is 1. The number of rotatable bonds is 8. The lowest BCUT2D eigenvalue weighted by Crippen LogP contribution is -2.19. The summed E-state index contributed by atoms with van der Waals surface area (Å²) < 4.78 is 15.2. The quantitative estimate of drug-likeness (QED) is 0.741. The number of methoxy groups -OCH3 is 2. The largest absolute Gasteiger partial charge is 0.493 e. The Bertz CT molecular complexity index is 434. The average Bonchev–Trinajstić information content (AvgIpc) is 2.49. The zero-order valence-corrected chi connectivity index (χ0v) is 12.6. The van der Waals surface area contributed by atoms with Crippen LogP contribution in [0.1, 0.15) is 31.9 Å². The molecule has 1 aromatic carbocycles.